The van der Waals surface area contributed by atoms with E-state index in [1.807, 2.05) is 42.1 Å². The van der Waals surface area contributed by atoms with Crippen molar-refractivity contribution in [1.82, 2.24) is 14.9 Å². The highest BCUT2D eigenvalue weighted by Gasteiger charge is 2.22. The second-order valence-electron chi connectivity index (χ2n) is 6.35. The lowest BCUT2D eigenvalue weighted by Crippen LogP contribution is -2.31. The Morgan fingerprint density at radius 3 is 3.08 bits per heavy atom. The molecule has 1 saturated heterocycles. The van der Waals surface area contributed by atoms with Gasteiger partial charge >= 0.3 is 0 Å². The van der Waals surface area contributed by atoms with Gasteiger partial charge in [0, 0.05) is 32.5 Å². The number of amides is 1. The molecule has 1 aromatic heterocycles. The fourth-order valence-electron chi connectivity index (χ4n) is 3.17. The van der Waals surface area contributed by atoms with Crippen LogP contribution in [0, 0.1) is 0 Å². The number of methoxy groups -OCH3 is 1. The number of aromatic nitrogens is 2. The third-order valence-electron chi connectivity index (χ3n) is 4.57. The van der Waals surface area contributed by atoms with E-state index < -0.39 is 0 Å². The number of nitrogens with zero attached hydrogens (tertiary/aromatic N) is 2. The highest BCUT2D eigenvalue weighted by Crippen LogP contribution is 2.24. The second-order valence-corrected chi connectivity index (χ2v) is 6.35. The quantitative estimate of drug-likeness (QED) is 0.839. The Morgan fingerprint density at radius 2 is 2.40 bits per heavy atom. The summed E-state index contributed by atoms with van der Waals surface area (Å²) < 4.78 is 12.8. The van der Waals surface area contributed by atoms with Crippen molar-refractivity contribution < 1.29 is 14.3 Å². The van der Waals surface area contributed by atoms with Crippen LogP contribution in [0.15, 0.2) is 36.7 Å². The van der Waals surface area contributed by atoms with Gasteiger partial charge in [-0.3, -0.25) is 4.79 Å². The van der Waals surface area contributed by atoms with Crippen LogP contribution in [-0.4, -0.2) is 35.3 Å². The van der Waals surface area contributed by atoms with E-state index in [-0.39, 0.29) is 18.1 Å². The second kappa shape index (κ2) is 8.16. The first kappa shape index (κ1) is 17.5. The van der Waals surface area contributed by atoms with E-state index in [9.17, 15) is 4.79 Å². The molecule has 1 amide bonds. The van der Waals surface area contributed by atoms with Gasteiger partial charge in [-0.2, -0.15) is 0 Å². The first-order chi connectivity index (χ1) is 12.2. The third-order valence-corrected chi connectivity index (χ3v) is 4.57. The number of nitrogens with one attached hydrogen (secondary N) is 1. The number of benzene rings is 1. The zero-order chi connectivity index (χ0) is 17.6. The highest BCUT2D eigenvalue weighted by atomic mass is 16.5. The van der Waals surface area contributed by atoms with Crippen LogP contribution >= 0.6 is 0 Å². The zero-order valence-corrected chi connectivity index (χ0v) is 14.8. The Kier molecular flexibility index (Phi) is 5.71. The van der Waals surface area contributed by atoms with Gasteiger partial charge in [-0.25, -0.2) is 4.98 Å². The molecule has 25 heavy (non-hydrogen) atoms. The molecular formula is C19H25N3O3. The molecule has 1 aliphatic heterocycles. The van der Waals surface area contributed by atoms with Gasteiger partial charge in [0.15, 0.2) is 0 Å². The number of ether oxygens (including phenoxy) is 2. The lowest BCUT2D eigenvalue weighted by Gasteiger charge is -2.20. The largest absolute Gasteiger partial charge is 0.497 e. The topological polar surface area (TPSA) is 65.4 Å². The van der Waals surface area contributed by atoms with Crippen molar-refractivity contribution in [3.05, 3.63) is 48.0 Å². The Balaban J connectivity index is 1.74. The van der Waals surface area contributed by atoms with Crippen molar-refractivity contribution in [2.24, 2.45) is 7.05 Å². The maximum absolute atomic E-state index is 12.5. The van der Waals surface area contributed by atoms with Gasteiger partial charge in [0.1, 0.15) is 17.6 Å². The minimum Gasteiger partial charge on any atom is -0.497 e. The molecule has 0 spiro atoms. The molecule has 0 bridgehead atoms. The van der Waals surface area contributed by atoms with Crippen LogP contribution in [0.1, 0.15) is 43.1 Å². The monoisotopic (exact) mass is 343 g/mol. The number of hydrogen-bond donors (Lipinski definition) is 1. The molecule has 1 aliphatic rings. The van der Waals surface area contributed by atoms with E-state index >= 15 is 0 Å². The van der Waals surface area contributed by atoms with Gasteiger partial charge < -0.3 is 19.4 Å². The fraction of sp³-hybridized carbons (Fsp3) is 0.474. The van der Waals surface area contributed by atoms with E-state index in [0.29, 0.717) is 6.42 Å². The summed E-state index contributed by atoms with van der Waals surface area (Å²) in [7, 11) is 3.56. The summed E-state index contributed by atoms with van der Waals surface area (Å²) in [6.07, 6.45) is 7.18. The summed E-state index contributed by atoms with van der Waals surface area (Å²) in [5.41, 5.74) is 0.944. The van der Waals surface area contributed by atoms with Gasteiger partial charge in [0.2, 0.25) is 5.91 Å². The molecule has 6 heteroatoms. The fourth-order valence-corrected chi connectivity index (χ4v) is 3.17. The number of carbonyl (C=O) groups excluding carboxylic acids is 1. The number of rotatable bonds is 7. The Morgan fingerprint density at radius 1 is 1.52 bits per heavy atom. The zero-order valence-electron chi connectivity index (χ0n) is 14.8. The number of hydrogen-bond acceptors (Lipinski definition) is 4. The molecule has 0 radical (unpaired) electrons. The van der Waals surface area contributed by atoms with Crippen molar-refractivity contribution in [2.75, 3.05) is 13.7 Å². The molecule has 1 aromatic carbocycles. The SMILES string of the molecule is COc1cccc([C@H](NC(=O)CC[C@@H]2CCCO2)c2nccn2C)c1. The van der Waals surface area contributed by atoms with Crippen LogP contribution in [0.4, 0.5) is 0 Å². The summed E-state index contributed by atoms with van der Waals surface area (Å²) in [6.45, 7) is 0.811. The summed E-state index contributed by atoms with van der Waals surface area (Å²) in [6, 6.07) is 7.40. The number of aryl methyl sites for hydroxylation is 1. The van der Waals surface area contributed by atoms with Gasteiger partial charge in [-0.05, 0) is 37.0 Å². The summed E-state index contributed by atoms with van der Waals surface area (Å²) in [5.74, 6) is 1.55. The molecule has 2 heterocycles. The summed E-state index contributed by atoms with van der Waals surface area (Å²) in [4.78, 5) is 16.9. The molecule has 2 atom stereocenters. The van der Waals surface area contributed by atoms with Gasteiger partial charge in [0.05, 0.1) is 13.2 Å². The molecule has 0 unspecified atom stereocenters. The molecule has 0 saturated carbocycles. The van der Waals surface area contributed by atoms with Crippen LogP contribution in [0.3, 0.4) is 0 Å². The maximum atomic E-state index is 12.5. The molecule has 1 N–H and O–H groups in total. The van der Waals surface area contributed by atoms with Crippen LogP contribution in [-0.2, 0) is 16.6 Å². The van der Waals surface area contributed by atoms with E-state index in [1.165, 1.54) is 0 Å². The third kappa shape index (κ3) is 4.39. The molecule has 2 aromatic rings. The van der Waals surface area contributed by atoms with E-state index in [4.69, 9.17) is 9.47 Å². The van der Waals surface area contributed by atoms with Crippen LogP contribution in [0.25, 0.3) is 0 Å². The lowest BCUT2D eigenvalue weighted by molar-refractivity contribution is -0.122. The molecule has 0 aliphatic carbocycles. The van der Waals surface area contributed by atoms with E-state index in [1.54, 1.807) is 13.3 Å². The molecular weight excluding hydrogens is 318 g/mol. The Hall–Kier alpha value is -2.34. The van der Waals surface area contributed by atoms with E-state index in [0.717, 1.165) is 43.0 Å². The van der Waals surface area contributed by atoms with Crippen molar-refractivity contribution in [2.45, 2.75) is 37.8 Å². The van der Waals surface area contributed by atoms with E-state index in [2.05, 4.69) is 10.3 Å². The Labute approximate surface area is 148 Å². The first-order valence-electron chi connectivity index (χ1n) is 8.69. The summed E-state index contributed by atoms with van der Waals surface area (Å²) in [5, 5.41) is 3.12. The average molecular weight is 343 g/mol. The Bertz CT molecular complexity index is 707. The minimum atomic E-state index is -0.313. The standard InChI is InChI=1S/C19H25N3O3/c1-22-11-10-20-19(22)18(14-5-3-6-16(13-14)24-2)21-17(23)9-8-15-7-4-12-25-15/h3,5-6,10-11,13,15,18H,4,7-9,12H2,1-2H3,(H,21,23)/t15-,18-/m0/s1. The number of carbonyl (C=O) groups is 1. The van der Waals surface area contributed by atoms with Crippen molar-refractivity contribution in [3.63, 3.8) is 0 Å². The van der Waals surface area contributed by atoms with Crippen LogP contribution in [0.2, 0.25) is 0 Å². The highest BCUT2D eigenvalue weighted by molar-refractivity contribution is 5.76. The smallest absolute Gasteiger partial charge is 0.220 e. The lowest BCUT2D eigenvalue weighted by atomic mass is 10.0. The average Bonchev–Trinajstić information content (AvgIpc) is 3.29. The van der Waals surface area contributed by atoms with Crippen molar-refractivity contribution in [1.29, 1.82) is 0 Å². The predicted octanol–water partition coefficient (Wildman–Crippen LogP) is 2.59. The van der Waals surface area contributed by atoms with Crippen molar-refractivity contribution in [3.8, 4) is 5.75 Å². The first-order valence-corrected chi connectivity index (χ1v) is 8.69. The molecule has 6 nitrogen and oxygen atoms in total. The predicted molar refractivity (Wildman–Crippen MR) is 94.4 cm³/mol. The normalized spacial score (nSPS) is 18.1. The van der Waals surface area contributed by atoms with Gasteiger partial charge in [0.25, 0.3) is 0 Å². The molecule has 1 fully saturated rings. The van der Waals surface area contributed by atoms with Crippen LogP contribution in [0.5, 0.6) is 5.75 Å². The summed E-state index contributed by atoms with van der Waals surface area (Å²) >= 11 is 0. The molecule has 134 valence electrons. The number of imidazole rings is 1. The molecule has 3 rings (SSSR count). The van der Waals surface area contributed by atoms with Crippen molar-refractivity contribution >= 4 is 5.91 Å². The maximum Gasteiger partial charge on any atom is 0.220 e. The van der Waals surface area contributed by atoms with Gasteiger partial charge in [-0.15, -0.1) is 0 Å². The van der Waals surface area contributed by atoms with Gasteiger partial charge in [-0.1, -0.05) is 12.1 Å². The van der Waals surface area contributed by atoms with Crippen LogP contribution < -0.4 is 10.1 Å². The minimum absolute atomic E-state index is 0.00585.